The molecule has 0 saturated heterocycles. The molecule has 0 fully saturated rings. The molecule has 0 saturated carbocycles. The first-order chi connectivity index (χ1) is 7.97. The maximum Gasteiger partial charge on any atom is 0.331 e. The monoisotopic (exact) mass is 242 g/mol. The number of hydrogen-bond acceptors (Lipinski definition) is 4. The predicted molar refractivity (Wildman–Crippen MR) is 63.4 cm³/mol. The van der Waals surface area contributed by atoms with Crippen LogP contribution in [0.3, 0.4) is 0 Å². The molecule has 1 unspecified atom stereocenters. The minimum Gasteiger partial charge on any atom is -0.494 e. The molecule has 0 bridgehead atoms. The highest BCUT2D eigenvalue weighted by Gasteiger charge is 2.20. The van der Waals surface area contributed by atoms with Gasteiger partial charge >= 0.3 is 5.69 Å². The molecule has 0 amide bonds. The van der Waals surface area contributed by atoms with E-state index in [0.29, 0.717) is 13.2 Å². The molecule has 6 nitrogen and oxygen atoms in total. The van der Waals surface area contributed by atoms with Gasteiger partial charge in [0.2, 0.25) is 5.88 Å². The maximum atomic E-state index is 11.7. The molecule has 6 heteroatoms. The zero-order valence-corrected chi connectivity index (χ0v) is 10.3. The molecule has 96 valence electrons. The molecular formula is C11H18N2O4. The van der Waals surface area contributed by atoms with Gasteiger partial charge in [-0.15, -0.1) is 0 Å². The number of hydrogen-bond donors (Lipinski definition) is 2. The standard InChI is InChI=1S/C11H18N2O4/c1-4-17-6-8(7(2)3)13-10(15)5-9(14)12-11(13)16/h5,7-8,15H,4,6H2,1-3H3,(H,12,14,16). The lowest BCUT2D eigenvalue weighted by atomic mass is 10.1. The molecular weight excluding hydrogens is 224 g/mol. The molecule has 1 aromatic rings. The zero-order chi connectivity index (χ0) is 13.0. The van der Waals surface area contributed by atoms with Crippen LogP contribution in [-0.2, 0) is 4.74 Å². The van der Waals surface area contributed by atoms with Crippen molar-refractivity contribution in [2.24, 2.45) is 5.92 Å². The fraction of sp³-hybridized carbons (Fsp3) is 0.636. The summed E-state index contributed by atoms with van der Waals surface area (Å²) in [5, 5.41) is 9.68. The highest BCUT2D eigenvalue weighted by molar-refractivity contribution is 5.07. The van der Waals surface area contributed by atoms with E-state index in [1.54, 1.807) is 0 Å². The summed E-state index contributed by atoms with van der Waals surface area (Å²) >= 11 is 0. The summed E-state index contributed by atoms with van der Waals surface area (Å²) in [5.74, 6) is -0.242. The molecule has 17 heavy (non-hydrogen) atoms. The Labute approximate surface area is 98.9 Å². The Kier molecular flexibility index (Phi) is 4.51. The van der Waals surface area contributed by atoms with Gasteiger partial charge in [-0.25, -0.2) is 4.79 Å². The first-order valence-electron chi connectivity index (χ1n) is 5.60. The lowest BCUT2D eigenvalue weighted by Crippen LogP contribution is -2.35. The quantitative estimate of drug-likeness (QED) is 0.786. The van der Waals surface area contributed by atoms with Crippen LogP contribution in [0.15, 0.2) is 15.7 Å². The average Bonchev–Trinajstić information content (AvgIpc) is 2.20. The van der Waals surface area contributed by atoms with Gasteiger partial charge in [-0.05, 0) is 12.8 Å². The van der Waals surface area contributed by atoms with Gasteiger partial charge in [0.15, 0.2) is 0 Å². The van der Waals surface area contributed by atoms with Gasteiger partial charge in [-0.2, -0.15) is 0 Å². The number of aromatic amines is 1. The van der Waals surface area contributed by atoms with Crippen LogP contribution in [0.5, 0.6) is 5.88 Å². The zero-order valence-electron chi connectivity index (χ0n) is 10.3. The molecule has 1 aromatic heterocycles. The average molecular weight is 242 g/mol. The number of ether oxygens (including phenoxy) is 1. The fourth-order valence-electron chi connectivity index (χ4n) is 1.62. The highest BCUT2D eigenvalue weighted by Crippen LogP contribution is 2.20. The molecule has 0 radical (unpaired) electrons. The van der Waals surface area contributed by atoms with Gasteiger partial charge in [-0.1, -0.05) is 13.8 Å². The number of rotatable bonds is 5. The van der Waals surface area contributed by atoms with E-state index in [0.717, 1.165) is 10.6 Å². The lowest BCUT2D eigenvalue weighted by Gasteiger charge is -2.23. The molecule has 0 spiro atoms. The van der Waals surface area contributed by atoms with E-state index >= 15 is 0 Å². The van der Waals surface area contributed by atoms with E-state index in [2.05, 4.69) is 4.98 Å². The van der Waals surface area contributed by atoms with Crippen molar-refractivity contribution in [3.05, 3.63) is 26.9 Å². The Hall–Kier alpha value is -1.56. The number of aromatic nitrogens is 2. The first-order valence-corrected chi connectivity index (χ1v) is 5.60. The minimum atomic E-state index is -0.617. The lowest BCUT2D eigenvalue weighted by molar-refractivity contribution is 0.0906. The summed E-state index contributed by atoms with van der Waals surface area (Å²) in [5.41, 5.74) is -1.23. The van der Waals surface area contributed by atoms with Crippen molar-refractivity contribution in [2.45, 2.75) is 26.8 Å². The van der Waals surface area contributed by atoms with Crippen LogP contribution < -0.4 is 11.2 Å². The van der Waals surface area contributed by atoms with Crippen LogP contribution in [0.25, 0.3) is 0 Å². The smallest absolute Gasteiger partial charge is 0.331 e. The predicted octanol–water partition coefficient (Wildman–Crippen LogP) is 0.476. The van der Waals surface area contributed by atoms with E-state index in [4.69, 9.17) is 4.74 Å². The molecule has 0 aromatic carbocycles. The van der Waals surface area contributed by atoms with Crippen molar-refractivity contribution < 1.29 is 9.84 Å². The Morgan fingerprint density at radius 3 is 2.59 bits per heavy atom. The van der Waals surface area contributed by atoms with Gasteiger partial charge in [0.25, 0.3) is 5.56 Å². The molecule has 0 aliphatic rings. The summed E-state index contributed by atoms with van der Waals surface area (Å²) in [7, 11) is 0. The van der Waals surface area contributed by atoms with Gasteiger partial charge in [0.05, 0.1) is 18.7 Å². The van der Waals surface area contributed by atoms with E-state index in [9.17, 15) is 14.7 Å². The Balaban J connectivity index is 3.18. The van der Waals surface area contributed by atoms with E-state index in [-0.39, 0.29) is 17.8 Å². The SMILES string of the molecule is CCOCC(C(C)C)n1c(O)cc(=O)[nH]c1=O. The van der Waals surface area contributed by atoms with E-state index in [1.807, 2.05) is 20.8 Å². The second-order valence-electron chi connectivity index (χ2n) is 4.14. The summed E-state index contributed by atoms with van der Waals surface area (Å²) in [6.45, 7) is 6.53. The molecule has 0 aliphatic heterocycles. The Bertz CT molecular complexity index is 475. The summed E-state index contributed by atoms with van der Waals surface area (Å²) < 4.78 is 6.44. The van der Waals surface area contributed by atoms with Crippen LogP contribution in [-0.4, -0.2) is 27.9 Å². The maximum absolute atomic E-state index is 11.7. The van der Waals surface area contributed by atoms with Gasteiger partial charge in [0.1, 0.15) is 0 Å². The molecule has 1 rings (SSSR count). The van der Waals surface area contributed by atoms with Gasteiger partial charge in [0, 0.05) is 6.61 Å². The molecule has 1 atom stereocenters. The number of nitrogens with one attached hydrogen (secondary N) is 1. The summed E-state index contributed by atoms with van der Waals surface area (Å²) in [6.07, 6.45) is 0. The third kappa shape index (κ3) is 3.20. The molecule has 1 heterocycles. The van der Waals surface area contributed by atoms with Crippen molar-refractivity contribution >= 4 is 0 Å². The number of nitrogens with zero attached hydrogens (tertiary/aromatic N) is 1. The normalized spacial score (nSPS) is 12.9. The van der Waals surface area contributed by atoms with Crippen LogP contribution in [0.2, 0.25) is 0 Å². The van der Waals surface area contributed by atoms with Crippen LogP contribution in [0.1, 0.15) is 26.8 Å². The van der Waals surface area contributed by atoms with E-state index < -0.39 is 11.2 Å². The third-order valence-corrected chi connectivity index (χ3v) is 2.55. The second kappa shape index (κ2) is 5.67. The summed E-state index contributed by atoms with van der Waals surface area (Å²) in [4.78, 5) is 24.8. The van der Waals surface area contributed by atoms with Crippen LogP contribution in [0, 0.1) is 5.92 Å². The molecule has 2 N–H and O–H groups in total. The summed E-state index contributed by atoms with van der Waals surface area (Å²) in [6, 6.07) is 0.683. The topological polar surface area (TPSA) is 84.3 Å². The highest BCUT2D eigenvalue weighted by atomic mass is 16.5. The van der Waals surface area contributed by atoms with Gasteiger partial charge in [-0.3, -0.25) is 14.3 Å². The fourth-order valence-corrected chi connectivity index (χ4v) is 1.62. The van der Waals surface area contributed by atoms with Crippen LogP contribution in [0.4, 0.5) is 0 Å². The van der Waals surface area contributed by atoms with E-state index in [1.165, 1.54) is 0 Å². The van der Waals surface area contributed by atoms with Crippen LogP contribution >= 0.6 is 0 Å². The van der Waals surface area contributed by atoms with Crippen molar-refractivity contribution in [2.75, 3.05) is 13.2 Å². The van der Waals surface area contributed by atoms with Crippen molar-refractivity contribution in [3.8, 4) is 5.88 Å². The van der Waals surface area contributed by atoms with Crippen molar-refractivity contribution in [1.82, 2.24) is 9.55 Å². The Morgan fingerprint density at radius 2 is 2.12 bits per heavy atom. The van der Waals surface area contributed by atoms with Crippen molar-refractivity contribution in [3.63, 3.8) is 0 Å². The van der Waals surface area contributed by atoms with Crippen molar-refractivity contribution in [1.29, 1.82) is 0 Å². The largest absolute Gasteiger partial charge is 0.494 e. The molecule has 0 aliphatic carbocycles. The Morgan fingerprint density at radius 1 is 1.47 bits per heavy atom. The minimum absolute atomic E-state index is 0.0936. The first kappa shape index (κ1) is 13.5. The van der Waals surface area contributed by atoms with Gasteiger partial charge < -0.3 is 9.84 Å². The third-order valence-electron chi connectivity index (χ3n) is 2.55. The number of aromatic hydroxyl groups is 1. The number of H-pyrrole nitrogens is 1. The second-order valence-corrected chi connectivity index (χ2v) is 4.14.